The fourth-order valence-electron chi connectivity index (χ4n) is 2.14. The second-order valence-electron chi connectivity index (χ2n) is 5.67. The van der Waals surface area contributed by atoms with Crippen LogP contribution in [-0.2, 0) is 0 Å². The maximum absolute atomic E-state index is 9.32. The second kappa shape index (κ2) is 9.35. The maximum Gasteiger partial charge on any atom is 0.106 e. The van der Waals surface area contributed by atoms with E-state index in [4.69, 9.17) is 0 Å². The molecule has 0 aromatic rings. The van der Waals surface area contributed by atoms with Crippen LogP contribution < -0.4 is 5.32 Å². The standard InChI is InChI=1S/C15H31N3/c1-6-15(13-16,17-7-2)10-8-11-18(5)12-9-14(3)4/h14,17H,6-12H2,1-5H3. The van der Waals surface area contributed by atoms with Crippen molar-refractivity contribution >= 4 is 0 Å². The number of rotatable bonds is 10. The number of nitrogens with one attached hydrogen (secondary N) is 1. The lowest BCUT2D eigenvalue weighted by atomic mass is 9.92. The van der Waals surface area contributed by atoms with E-state index < -0.39 is 0 Å². The van der Waals surface area contributed by atoms with Crippen molar-refractivity contribution in [2.45, 2.75) is 58.9 Å². The Kier molecular flexibility index (Phi) is 9.05. The summed E-state index contributed by atoms with van der Waals surface area (Å²) < 4.78 is 0. The van der Waals surface area contributed by atoms with Crippen molar-refractivity contribution in [3.63, 3.8) is 0 Å². The second-order valence-corrected chi connectivity index (χ2v) is 5.67. The minimum Gasteiger partial charge on any atom is -0.306 e. The van der Waals surface area contributed by atoms with E-state index >= 15 is 0 Å². The summed E-state index contributed by atoms with van der Waals surface area (Å²) in [6.07, 6.45) is 4.16. The molecule has 0 amide bonds. The van der Waals surface area contributed by atoms with Crippen LogP contribution in [0.2, 0.25) is 0 Å². The van der Waals surface area contributed by atoms with E-state index in [0.29, 0.717) is 0 Å². The van der Waals surface area contributed by atoms with Gasteiger partial charge < -0.3 is 4.90 Å². The fraction of sp³-hybridized carbons (Fsp3) is 0.933. The van der Waals surface area contributed by atoms with Crippen LogP contribution in [0.1, 0.15) is 53.4 Å². The van der Waals surface area contributed by atoms with E-state index in [2.05, 4.69) is 51.0 Å². The molecule has 1 N–H and O–H groups in total. The van der Waals surface area contributed by atoms with Crippen molar-refractivity contribution in [3.05, 3.63) is 0 Å². The summed E-state index contributed by atoms with van der Waals surface area (Å²) in [4.78, 5) is 2.38. The third kappa shape index (κ3) is 6.98. The van der Waals surface area contributed by atoms with Gasteiger partial charge in [-0.15, -0.1) is 0 Å². The average Bonchev–Trinajstić information content (AvgIpc) is 2.35. The first-order valence-electron chi connectivity index (χ1n) is 7.34. The molecule has 0 aliphatic rings. The van der Waals surface area contributed by atoms with Crippen molar-refractivity contribution in [2.75, 3.05) is 26.7 Å². The molecule has 0 rings (SSSR count). The lowest BCUT2D eigenvalue weighted by Crippen LogP contribution is -2.43. The van der Waals surface area contributed by atoms with Crippen LogP contribution in [-0.4, -0.2) is 37.1 Å². The molecule has 0 aliphatic carbocycles. The molecular formula is C15H31N3. The normalized spacial score (nSPS) is 14.8. The van der Waals surface area contributed by atoms with E-state index in [9.17, 15) is 5.26 Å². The molecule has 0 radical (unpaired) electrons. The molecule has 0 aliphatic heterocycles. The predicted molar refractivity (Wildman–Crippen MR) is 78.5 cm³/mol. The Hall–Kier alpha value is -0.590. The summed E-state index contributed by atoms with van der Waals surface area (Å²) in [7, 11) is 2.18. The van der Waals surface area contributed by atoms with Crippen LogP contribution in [0, 0.1) is 17.2 Å². The fourth-order valence-corrected chi connectivity index (χ4v) is 2.14. The van der Waals surface area contributed by atoms with Gasteiger partial charge in [-0.05, 0) is 58.3 Å². The lowest BCUT2D eigenvalue weighted by molar-refractivity contribution is 0.282. The van der Waals surface area contributed by atoms with Crippen molar-refractivity contribution < 1.29 is 0 Å². The molecule has 106 valence electrons. The van der Waals surface area contributed by atoms with Crippen LogP contribution in [0.5, 0.6) is 0 Å². The van der Waals surface area contributed by atoms with E-state index in [-0.39, 0.29) is 5.54 Å². The smallest absolute Gasteiger partial charge is 0.106 e. The molecule has 0 aromatic heterocycles. The molecule has 3 heteroatoms. The molecule has 1 unspecified atom stereocenters. The van der Waals surface area contributed by atoms with Crippen molar-refractivity contribution in [3.8, 4) is 6.07 Å². The Morgan fingerprint density at radius 3 is 2.39 bits per heavy atom. The van der Waals surface area contributed by atoms with Crippen LogP contribution in [0.25, 0.3) is 0 Å². The van der Waals surface area contributed by atoms with E-state index in [1.165, 1.54) is 6.42 Å². The molecule has 0 saturated heterocycles. The topological polar surface area (TPSA) is 39.1 Å². The number of nitriles is 1. The molecule has 18 heavy (non-hydrogen) atoms. The molecule has 3 nitrogen and oxygen atoms in total. The Labute approximate surface area is 114 Å². The number of nitrogens with zero attached hydrogens (tertiary/aromatic N) is 2. The molecular weight excluding hydrogens is 222 g/mol. The van der Waals surface area contributed by atoms with Crippen molar-refractivity contribution in [1.29, 1.82) is 5.26 Å². The van der Waals surface area contributed by atoms with Gasteiger partial charge in [0.05, 0.1) is 6.07 Å². The summed E-state index contributed by atoms with van der Waals surface area (Å²) in [6.45, 7) is 11.8. The maximum atomic E-state index is 9.32. The largest absolute Gasteiger partial charge is 0.306 e. The summed E-state index contributed by atoms with van der Waals surface area (Å²) in [6, 6.07) is 2.46. The average molecular weight is 253 g/mol. The van der Waals surface area contributed by atoms with Gasteiger partial charge >= 0.3 is 0 Å². The Bertz CT molecular complexity index is 245. The van der Waals surface area contributed by atoms with Gasteiger partial charge in [0.2, 0.25) is 0 Å². The quantitative estimate of drug-likeness (QED) is 0.650. The molecule has 0 bridgehead atoms. The zero-order valence-electron chi connectivity index (χ0n) is 12.9. The lowest BCUT2D eigenvalue weighted by Gasteiger charge is -2.27. The molecule has 0 aromatic carbocycles. The Morgan fingerprint density at radius 1 is 1.28 bits per heavy atom. The van der Waals surface area contributed by atoms with Gasteiger partial charge in [0, 0.05) is 0 Å². The highest BCUT2D eigenvalue weighted by Crippen LogP contribution is 2.16. The molecule has 0 saturated carbocycles. The highest BCUT2D eigenvalue weighted by atomic mass is 15.1. The highest BCUT2D eigenvalue weighted by Gasteiger charge is 2.25. The van der Waals surface area contributed by atoms with Crippen LogP contribution >= 0.6 is 0 Å². The van der Waals surface area contributed by atoms with E-state index in [1.54, 1.807) is 0 Å². The van der Waals surface area contributed by atoms with Crippen molar-refractivity contribution in [2.24, 2.45) is 5.92 Å². The number of hydrogen-bond donors (Lipinski definition) is 1. The van der Waals surface area contributed by atoms with E-state index in [1.807, 2.05) is 0 Å². The van der Waals surface area contributed by atoms with Crippen molar-refractivity contribution in [1.82, 2.24) is 10.2 Å². The monoisotopic (exact) mass is 253 g/mol. The summed E-state index contributed by atoms with van der Waals surface area (Å²) >= 11 is 0. The van der Waals surface area contributed by atoms with Gasteiger partial charge in [-0.25, -0.2) is 0 Å². The van der Waals surface area contributed by atoms with Gasteiger partial charge in [0.25, 0.3) is 0 Å². The molecule has 0 fully saturated rings. The zero-order valence-corrected chi connectivity index (χ0v) is 12.9. The summed E-state index contributed by atoms with van der Waals surface area (Å²) in [5.41, 5.74) is -0.312. The third-order valence-corrected chi connectivity index (χ3v) is 3.56. The molecule has 1 atom stereocenters. The van der Waals surface area contributed by atoms with Crippen LogP contribution in [0.4, 0.5) is 0 Å². The SMILES string of the molecule is CCNC(C#N)(CC)CCCN(C)CCC(C)C. The Balaban J connectivity index is 3.96. The zero-order chi connectivity index (χ0) is 14.0. The minimum absolute atomic E-state index is 0.312. The summed E-state index contributed by atoms with van der Waals surface area (Å²) in [5, 5.41) is 12.7. The van der Waals surface area contributed by atoms with Gasteiger partial charge in [0.15, 0.2) is 0 Å². The first kappa shape index (κ1) is 17.4. The predicted octanol–water partition coefficient (Wildman–Crippen LogP) is 3.03. The molecule has 0 spiro atoms. The first-order chi connectivity index (χ1) is 8.49. The third-order valence-electron chi connectivity index (χ3n) is 3.56. The molecule has 0 heterocycles. The van der Waals surface area contributed by atoms with Gasteiger partial charge in [0.1, 0.15) is 5.54 Å². The number of hydrogen-bond acceptors (Lipinski definition) is 3. The van der Waals surface area contributed by atoms with E-state index in [0.717, 1.165) is 44.8 Å². The first-order valence-corrected chi connectivity index (χ1v) is 7.34. The highest BCUT2D eigenvalue weighted by molar-refractivity contribution is 5.05. The minimum atomic E-state index is -0.312. The van der Waals surface area contributed by atoms with Gasteiger partial charge in [-0.1, -0.05) is 27.7 Å². The van der Waals surface area contributed by atoms with Crippen LogP contribution in [0.15, 0.2) is 0 Å². The van der Waals surface area contributed by atoms with Crippen LogP contribution in [0.3, 0.4) is 0 Å². The van der Waals surface area contributed by atoms with Gasteiger partial charge in [-0.3, -0.25) is 5.32 Å². The van der Waals surface area contributed by atoms with Gasteiger partial charge in [-0.2, -0.15) is 5.26 Å². The Morgan fingerprint density at radius 2 is 1.94 bits per heavy atom. The summed E-state index contributed by atoms with van der Waals surface area (Å²) in [5.74, 6) is 0.767.